The molecule has 1 aromatic carbocycles. The molecule has 1 unspecified atom stereocenters. The number of carbonyl (C=O) groups excluding carboxylic acids is 1. The van der Waals surface area contributed by atoms with Gasteiger partial charge in [0.2, 0.25) is 5.91 Å². The topological polar surface area (TPSA) is 29.5 Å². The molecule has 0 N–H and O–H groups in total. The van der Waals surface area contributed by atoms with Gasteiger partial charge in [0.05, 0.1) is 11.4 Å². The van der Waals surface area contributed by atoms with E-state index in [0.29, 0.717) is 23.8 Å². The van der Waals surface area contributed by atoms with Crippen molar-refractivity contribution >= 4 is 39.3 Å². The van der Waals surface area contributed by atoms with Gasteiger partial charge < -0.3 is 9.64 Å². The standard InChI is InChI=1S/C16H17BrF2NO2S.Y/c1-10-7-11(22-9-23-2)3-4-12(10)14-6-5-13(17)16(21)20(14)8-15(18)19;/h3-4,7,13,15H,5,8-9H2,1-2H3;/q-1;. The van der Waals surface area contributed by atoms with Crippen LogP contribution in [-0.4, -0.2) is 40.8 Å². The second kappa shape index (κ2) is 10.2. The minimum Gasteiger partial charge on any atom is -0.483 e. The first kappa shape index (κ1) is 22.1. The minimum absolute atomic E-state index is 0. The molecular formula is C16H17BrF2NO2SY-. The SMILES string of the molecule is CSCOc1ccc(C2=[C-]CC(Br)C(=O)N2CC(F)F)c(C)c1.[Y]. The fraction of sp³-hybridized carbons (Fsp3) is 0.438. The fourth-order valence-electron chi connectivity index (χ4n) is 2.33. The van der Waals surface area contributed by atoms with E-state index in [-0.39, 0.29) is 38.6 Å². The average molecular weight is 494 g/mol. The number of nitrogens with zero attached hydrogens (tertiary/aromatic N) is 1. The third kappa shape index (κ3) is 5.51. The van der Waals surface area contributed by atoms with Gasteiger partial charge in [-0.3, -0.25) is 4.79 Å². The maximum Gasteiger partial charge on any atom is 0.256 e. The molecule has 0 spiro atoms. The molecule has 1 aliphatic heterocycles. The van der Waals surface area contributed by atoms with Crippen LogP contribution in [0.4, 0.5) is 8.78 Å². The van der Waals surface area contributed by atoms with Gasteiger partial charge in [-0.05, 0) is 18.4 Å². The normalized spacial score (nSPS) is 17.6. The number of rotatable bonds is 6. The van der Waals surface area contributed by atoms with Crippen LogP contribution < -0.4 is 4.74 Å². The summed E-state index contributed by atoms with van der Waals surface area (Å²) in [4.78, 5) is 12.8. The van der Waals surface area contributed by atoms with E-state index in [1.807, 2.05) is 19.2 Å². The number of carbonyl (C=O) groups is 1. The van der Waals surface area contributed by atoms with Crippen molar-refractivity contribution < 1.29 is 51.0 Å². The monoisotopic (exact) mass is 493 g/mol. The van der Waals surface area contributed by atoms with Crippen molar-refractivity contribution in [1.29, 1.82) is 0 Å². The molecule has 0 aromatic heterocycles. The molecule has 1 aromatic rings. The van der Waals surface area contributed by atoms with E-state index >= 15 is 0 Å². The molecule has 2 rings (SSSR count). The second-order valence-electron chi connectivity index (χ2n) is 5.06. The maximum atomic E-state index is 12.8. The molecule has 0 saturated carbocycles. The van der Waals surface area contributed by atoms with Crippen LogP contribution in [0.3, 0.4) is 0 Å². The van der Waals surface area contributed by atoms with Gasteiger partial charge in [-0.25, -0.2) is 14.9 Å². The smallest absolute Gasteiger partial charge is 0.256 e. The van der Waals surface area contributed by atoms with Crippen LogP contribution >= 0.6 is 27.7 Å². The number of allylic oxidation sites excluding steroid dienone is 1. The molecule has 0 aliphatic carbocycles. The molecule has 3 nitrogen and oxygen atoms in total. The molecular weight excluding hydrogens is 477 g/mol. The van der Waals surface area contributed by atoms with E-state index in [0.717, 1.165) is 16.0 Å². The first-order valence-electron chi connectivity index (χ1n) is 7.01. The third-order valence-electron chi connectivity index (χ3n) is 3.37. The molecule has 1 radical (unpaired) electrons. The Bertz CT molecular complexity index is 616. The van der Waals surface area contributed by atoms with E-state index in [2.05, 4.69) is 22.0 Å². The summed E-state index contributed by atoms with van der Waals surface area (Å²) in [5.74, 6) is 0.887. The predicted molar refractivity (Wildman–Crippen MR) is 91.9 cm³/mol. The van der Waals surface area contributed by atoms with Gasteiger partial charge in [-0.15, -0.1) is 34.7 Å². The summed E-state index contributed by atoms with van der Waals surface area (Å²) >= 11 is 4.77. The van der Waals surface area contributed by atoms with E-state index in [4.69, 9.17) is 4.74 Å². The Hall–Kier alpha value is 0.0239. The van der Waals surface area contributed by atoms with Gasteiger partial charge in [0.1, 0.15) is 11.7 Å². The zero-order valence-corrected chi connectivity index (χ0v) is 18.6. The number of alkyl halides is 3. The summed E-state index contributed by atoms with van der Waals surface area (Å²) in [6, 6.07) is 5.40. The molecule has 0 fully saturated rings. The zero-order valence-electron chi connectivity index (χ0n) is 13.4. The molecule has 24 heavy (non-hydrogen) atoms. The Labute approximate surface area is 178 Å². The summed E-state index contributed by atoms with van der Waals surface area (Å²) < 4.78 is 31.2. The predicted octanol–water partition coefficient (Wildman–Crippen LogP) is 4.10. The number of aryl methyl sites for hydroxylation is 1. The van der Waals surface area contributed by atoms with Gasteiger partial charge in [0, 0.05) is 32.7 Å². The van der Waals surface area contributed by atoms with Crippen LogP contribution in [0.1, 0.15) is 17.5 Å². The number of ether oxygens (including phenoxy) is 1. The first-order chi connectivity index (χ1) is 10.9. The van der Waals surface area contributed by atoms with Gasteiger partial charge in [0.25, 0.3) is 6.43 Å². The number of halogens is 3. The Morgan fingerprint density at radius 3 is 2.79 bits per heavy atom. The summed E-state index contributed by atoms with van der Waals surface area (Å²) in [5, 5.41) is 0. The summed E-state index contributed by atoms with van der Waals surface area (Å²) in [6.45, 7) is 1.23. The minimum atomic E-state index is -2.60. The maximum absolute atomic E-state index is 12.8. The Balaban J connectivity index is 0.00000288. The van der Waals surface area contributed by atoms with Crippen molar-refractivity contribution in [2.24, 2.45) is 0 Å². The van der Waals surface area contributed by atoms with Crippen LogP contribution in [0, 0.1) is 13.0 Å². The van der Waals surface area contributed by atoms with Crippen molar-refractivity contribution in [3.05, 3.63) is 35.4 Å². The Kier molecular flexibility index (Phi) is 9.41. The van der Waals surface area contributed by atoms with E-state index < -0.39 is 17.8 Å². The Morgan fingerprint density at radius 2 is 2.21 bits per heavy atom. The molecule has 1 atom stereocenters. The Morgan fingerprint density at radius 1 is 1.50 bits per heavy atom. The average Bonchev–Trinajstić information content (AvgIpc) is 2.50. The molecule has 1 heterocycles. The van der Waals surface area contributed by atoms with Gasteiger partial charge in [0.15, 0.2) is 0 Å². The van der Waals surface area contributed by atoms with E-state index in [1.165, 1.54) is 0 Å². The molecule has 8 heteroatoms. The summed E-state index contributed by atoms with van der Waals surface area (Å²) in [6.07, 6.45) is 2.77. The molecule has 1 aliphatic rings. The van der Waals surface area contributed by atoms with E-state index in [9.17, 15) is 13.6 Å². The van der Waals surface area contributed by atoms with Gasteiger partial charge >= 0.3 is 0 Å². The van der Waals surface area contributed by atoms with Crippen molar-refractivity contribution in [3.63, 3.8) is 0 Å². The molecule has 129 valence electrons. The summed E-state index contributed by atoms with van der Waals surface area (Å²) in [7, 11) is 0. The largest absolute Gasteiger partial charge is 0.483 e. The molecule has 0 bridgehead atoms. The van der Waals surface area contributed by atoms with Crippen LogP contribution in [0.25, 0.3) is 5.70 Å². The number of thioether (sulfide) groups is 1. The second-order valence-corrected chi connectivity index (χ2v) is 6.98. The van der Waals surface area contributed by atoms with Crippen molar-refractivity contribution in [2.45, 2.75) is 24.6 Å². The quantitative estimate of drug-likeness (QED) is 0.339. The molecule has 1 amide bonds. The van der Waals surface area contributed by atoms with Crippen LogP contribution in [0.5, 0.6) is 5.75 Å². The van der Waals surface area contributed by atoms with Crippen LogP contribution in [-0.2, 0) is 37.5 Å². The van der Waals surface area contributed by atoms with Gasteiger partial charge in [-0.2, -0.15) is 0 Å². The van der Waals surface area contributed by atoms with Crippen molar-refractivity contribution in [3.8, 4) is 5.75 Å². The number of hydrogen-bond acceptors (Lipinski definition) is 3. The number of hydrogen-bond donors (Lipinski definition) is 0. The number of benzene rings is 1. The van der Waals surface area contributed by atoms with E-state index in [1.54, 1.807) is 23.9 Å². The van der Waals surface area contributed by atoms with Gasteiger partial charge in [-0.1, -0.05) is 29.3 Å². The molecule has 0 saturated heterocycles. The van der Waals surface area contributed by atoms with Crippen LogP contribution in [0.15, 0.2) is 18.2 Å². The zero-order chi connectivity index (χ0) is 17.0. The van der Waals surface area contributed by atoms with Crippen molar-refractivity contribution in [1.82, 2.24) is 4.90 Å². The summed E-state index contributed by atoms with van der Waals surface area (Å²) in [5.41, 5.74) is 1.99. The van der Waals surface area contributed by atoms with Crippen LogP contribution in [0.2, 0.25) is 0 Å². The number of amides is 1. The first-order valence-corrected chi connectivity index (χ1v) is 9.32. The third-order valence-corrected chi connectivity index (χ3v) is 4.44. The van der Waals surface area contributed by atoms with Crippen molar-refractivity contribution in [2.75, 3.05) is 18.7 Å². The fourth-order valence-corrected chi connectivity index (χ4v) is 2.99.